The van der Waals surface area contributed by atoms with E-state index in [1.807, 2.05) is 10.8 Å². The first-order valence-electron chi connectivity index (χ1n) is 6.64. The standard InChI is InChI=1S/C15H17FN2O3S/c1-21-14-3-2-10(6-12(14)16)7-17-15(20)18-8-13(19)11-4-5-22-9-11/h2-6,9,13,19H,7-8H2,1H3,(H2,17,18,20). The van der Waals surface area contributed by atoms with E-state index in [2.05, 4.69) is 10.6 Å². The monoisotopic (exact) mass is 324 g/mol. The zero-order chi connectivity index (χ0) is 15.9. The van der Waals surface area contributed by atoms with Gasteiger partial charge in [0, 0.05) is 13.1 Å². The normalized spacial score (nSPS) is 11.8. The zero-order valence-electron chi connectivity index (χ0n) is 12.0. The maximum absolute atomic E-state index is 13.5. The van der Waals surface area contributed by atoms with Gasteiger partial charge in [0.25, 0.3) is 0 Å². The van der Waals surface area contributed by atoms with Crippen molar-refractivity contribution in [1.82, 2.24) is 10.6 Å². The van der Waals surface area contributed by atoms with Gasteiger partial charge < -0.3 is 20.5 Å². The van der Waals surface area contributed by atoms with E-state index in [0.717, 1.165) is 5.56 Å². The Morgan fingerprint density at radius 3 is 2.86 bits per heavy atom. The highest BCUT2D eigenvalue weighted by Gasteiger charge is 2.10. The summed E-state index contributed by atoms with van der Waals surface area (Å²) in [6.07, 6.45) is -0.740. The SMILES string of the molecule is COc1ccc(CNC(=O)NCC(O)c2ccsc2)cc1F. The fourth-order valence-electron chi connectivity index (χ4n) is 1.84. The molecule has 0 fully saturated rings. The van der Waals surface area contributed by atoms with Gasteiger partial charge >= 0.3 is 6.03 Å². The molecule has 1 unspecified atom stereocenters. The number of benzene rings is 1. The number of thiophene rings is 1. The summed E-state index contributed by atoms with van der Waals surface area (Å²) in [4.78, 5) is 11.6. The van der Waals surface area contributed by atoms with Crippen LogP contribution in [0.15, 0.2) is 35.0 Å². The van der Waals surface area contributed by atoms with Gasteiger partial charge in [0.15, 0.2) is 11.6 Å². The molecule has 1 heterocycles. The fraction of sp³-hybridized carbons (Fsp3) is 0.267. The molecule has 2 amide bonds. The third kappa shape index (κ3) is 4.44. The van der Waals surface area contributed by atoms with Crippen molar-refractivity contribution in [3.63, 3.8) is 0 Å². The van der Waals surface area contributed by atoms with Crippen LogP contribution in [0.4, 0.5) is 9.18 Å². The topological polar surface area (TPSA) is 70.6 Å². The highest BCUT2D eigenvalue weighted by atomic mass is 32.1. The van der Waals surface area contributed by atoms with Gasteiger partial charge in [-0.2, -0.15) is 11.3 Å². The summed E-state index contributed by atoms with van der Waals surface area (Å²) in [6.45, 7) is 0.292. The number of carbonyl (C=O) groups is 1. The Labute approximate surface area is 131 Å². The van der Waals surface area contributed by atoms with Gasteiger partial charge in [0.1, 0.15) is 0 Å². The smallest absolute Gasteiger partial charge is 0.315 e. The number of carbonyl (C=O) groups excluding carboxylic acids is 1. The number of halogens is 1. The predicted molar refractivity (Wildman–Crippen MR) is 82.5 cm³/mol. The van der Waals surface area contributed by atoms with Gasteiger partial charge in [-0.05, 0) is 40.1 Å². The van der Waals surface area contributed by atoms with Crippen LogP contribution in [0.5, 0.6) is 5.75 Å². The first-order valence-corrected chi connectivity index (χ1v) is 7.58. The summed E-state index contributed by atoms with van der Waals surface area (Å²) in [5, 5.41) is 18.7. The third-order valence-corrected chi connectivity index (χ3v) is 3.75. The van der Waals surface area contributed by atoms with Crippen molar-refractivity contribution in [3.8, 4) is 5.75 Å². The van der Waals surface area contributed by atoms with E-state index in [0.29, 0.717) is 5.56 Å². The third-order valence-electron chi connectivity index (χ3n) is 3.05. The van der Waals surface area contributed by atoms with Crippen LogP contribution in [0, 0.1) is 5.82 Å². The lowest BCUT2D eigenvalue weighted by atomic mass is 10.2. The lowest BCUT2D eigenvalue weighted by Gasteiger charge is -2.12. The van der Waals surface area contributed by atoms with Crippen LogP contribution in [0.25, 0.3) is 0 Å². The van der Waals surface area contributed by atoms with E-state index in [1.165, 1.54) is 30.6 Å². The molecule has 5 nitrogen and oxygen atoms in total. The van der Waals surface area contributed by atoms with Crippen molar-refractivity contribution >= 4 is 17.4 Å². The Kier molecular flexibility index (Phi) is 5.74. The minimum Gasteiger partial charge on any atom is -0.494 e. The molecule has 2 aromatic rings. The summed E-state index contributed by atoms with van der Waals surface area (Å²) < 4.78 is 18.3. The van der Waals surface area contributed by atoms with Crippen molar-refractivity contribution in [1.29, 1.82) is 0 Å². The second kappa shape index (κ2) is 7.77. The van der Waals surface area contributed by atoms with Gasteiger partial charge in [-0.15, -0.1) is 0 Å². The molecule has 0 aliphatic carbocycles. The number of hydrogen-bond acceptors (Lipinski definition) is 4. The Hall–Kier alpha value is -2.12. The van der Waals surface area contributed by atoms with E-state index < -0.39 is 18.0 Å². The van der Waals surface area contributed by atoms with Gasteiger partial charge in [-0.25, -0.2) is 9.18 Å². The number of methoxy groups -OCH3 is 1. The molecule has 0 aliphatic heterocycles. The van der Waals surface area contributed by atoms with Crippen molar-refractivity contribution in [3.05, 3.63) is 52.0 Å². The average molecular weight is 324 g/mol. The minimum atomic E-state index is -0.740. The molecule has 1 aromatic carbocycles. The molecule has 22 heavy (non-hydrogen) atoms. The Bertz CT molecular complexity index is 619. The number of ether oxygens (including phenoxy) is 1. The molecule has 1 aromatic heterocycles. The van der Waals surface area contributed by atoms with E-state index >= 15 is 0 Å². The predicted octanol–water partition coefficient (Wildman–Crippen LogP) is 2.43. The maximum Gasteiger partial charge on any atom is 0.315 e. The minimum absolute atomic E-state index is 0.111. The first kappa shape index (κ1) is 16.3. The van der Waals surface area contributed by atoms with Crippen LogP contribution < -0.4 is 15.4 Å². The molecule has 118 valence electrons. The summed E-state index contributed by atoms with van der Waals surface area (Å²) in [6, 6.07) is 5.85. The van der Waals surface area contributed by atoms with E-state index in [-0.39, 0.29) is 18.8 Å². The molecule has 7 heteroatoms. The lowest BCUT2D eigenvalue weighted by Crippen LogP contribution is -2.37. The fourth-order valence-corrected chi connectivity index (χ4v) is 2.54. The Morgan fingerprint density at radius 2 is 2.23 bits per heavy atom. The summed E-state index contributed by atoms with van der Waals surface area (Å²) in [5.41, 5.74) is 1.38. The lowest BCUT2D eigenvalue weighted by molar-refractivity contribution is 0.173. The highest BCUT2D eigenvalue weighted by molar-refractivity contribution is 7.07. The van der Waals surface area contributed by atoms with Crippen LogP contribution >= 0.6 is 11.3 Å². The van der Waals surface area contributed by atoms with Crippen molar-refractivity contribution in [2.75, 3.05) is 13.7 Å². The van der Waals surface area contributed by atoms with Crippen LogP contribution in [-0.2, 0) is 6.54 Å². The van der Waals surface area contributed by atoms with Gasteiger partial charge in [0.2, 0.25) is 0 Å². The van der Waals surface area contributed by atoms with Crippen molar-refractivity contribution in [2.45, 2.75) is 12.6 Å². The van der Waals surface area contributed by atoms with Crippen LogP contribution in [-0.4, -0.2) is 24.8 Å². The second-order valence-corrected chi connectivity index (χ2v) is 5.38. The first-order chi connectivity index (χ1) is 10.6. The van der Waals surface area contributed by atoms with Crippen LogP contribution in [0.3, 0.4) is 0 Å². The summed E-state index contributed by atoms with van der Waals surface area (Å²) in [5.74, 6) is -0.317. The van der Waals surface area contributed by atoms with Crippen LogP contribution in [0.2, 0.25) is 0 Å². The molecule has 0 bridgehead atoms. The quantitative estimate of drug-likeness (QED) is 0.764. The molecule has 0 spiro atoms. The molecule has 0 saturated carbocycles. The maximum atomic E-state index is 13.5. The number of rotatable bonds is 6. The second-order valence-electron chi connectivity index (χ2n) is 4.60. The van der Waals surface area contributed by atoms with E-state index in [4.69, 9.17) is 4.74 Å². The number of hydrogen-bond donors (Lipinski definition) is 3. The molecular weight excluding hydrogens is 307 g/mol. The van der Waals surface area contributed by atoms with E-state index in [9.17, 15) is 14.3 Å². The van der Waals surface area contributed by atoms with Crippen LogP contribution in [0.1, 0.15) is 17.2 Å². The average Bonchev–Trinajstić information content (AvgIpc) is 3.05. The molecule has 2 rings (SSSR count). The van der Waals surface area contributed by atoms with Gasteiger partial charge in [-0.1, -0.05) is 6.07 Å². The molecule has 1 atom stereocenters. The van der Waals surface area contributed by atoms with Gasteiger partial charge in [0.05, 0.1) is 13.2 Å². The number of aliphatic hydroxyl groups is 1. The van der Waals surface area contributed by atoms with Gasteiger partial charge in [-0.3, -0.25) is 0 Å². The van der Waals surface area contributed by atoms with E-state index in [1.54, 1.807) is 12.1 Å². The summed E-state index contributed by atoms with van der Waals surface area (Å²) in [7, 11) is 1.39. The number of amides is 2. The number of urea groups is 1. The van der Waals surface area contributed by atoms with Crippen molar-refractivity contribution < 1.29 is 19.0 Å². The zero-order valence-corrected chi connectivity index (χ0v) is 12.8. The summed E-state index contributed by atoms with van der Waals surface area (Å²) >= 11 is 1.48. The van der Waals surface area contributed by atoms with Crippen molar-refractivity contribution in [2.24, 2.45) is 0 Å². The molecule has 0 aliphatic rings. The highest BCUT2D eigenvalue weighted by Crippen LogP contribution is 2.17. The number of aliphatic hydroxyl groups excluding tert-OH is 1. The largest absolute Gasteiger partial charge is 0.494 e. The molecular formula is C15H17FN2O3S. The Balaban J connectivity index is 1.77. The molecule has 3 N–H and O–H groups in total. The molecule has 0 radical (unpaired) electrons. The number of nitrogens with one attached hydrogen (secondary N) is 2. The Morgan fingerprint density at radius 1 is 1.41 bits per heavy atom. The molecule has 0 saturated heterocycles.